The minimum atomic E-state index is -4.21. The van der Waals surface area contributed by atoms with Gasteiger partial charge in [0, 0.05) is 23.5 Å². The predicted molar refractivity (Wildman–Crippen MR) is 121 cm³/mol. The number of carbonyl (C=O) groups is 2. The molecule has 0 aliphatic carbocycles. The van der Waals surface area contributed by atoms with Gasteiger partial charge in [0.05, 0.1) is 24.2 Å². The molecule has 0 radical (unpaired) electrons. The van der Waals surface area contributed by atoms with Crippen LogP contribution in [0.1, 0.15) is 32.8 Å². The van der Waals surface area contributed by atoms with Gasteiger partial charge in [-0.1, -0.05) is 32.0 Å². The van der Waals surface area contributed by atoms with Crippen molar-refractivity contribution in [3.05, 3.63) is 36.0 Å². The van der Waals surface area contributed by atoms with Gasteiger partial charge in [-0.05, 0) is 30.9 Å². The zero-order chi connectivity index (χ0) is 25.2. The van der Waals surface area contributed by atoms with E-state index in [4.69, 9.17) is 4.52 Å². The van der Waals surface area contributed by atoms with Gasteiger partial charge in [0.1, 0.15) is 12.2 Å². The summed E-state index contributed by atoms with van der Waals surface area (Å²) in [4.78, 5) is 28.0. The zero-order valence-corrected chi connectivity index (χ0v) is 23.1. The number of carboxylic acids is 1. The monoisotopic (exact) mass is 519 g/mol. The second-order valence-electron chi connectivity index (χ2n) is 9.06. The summed E-state index contributed by atoms with van der Waals surface area (Å²) in [5, 5.41) is 47.8. The second kappa shape index (κ2) is 12.3. The second-order valence-corrected chi connectivity index (χ2v) is 11.2. The van der Waals surface area contributed by atoms with Gasteiger partial charge in [-0.15, -0.1) is 0 Å². The summed E-state index contributed by atoms with van der Waals surface area (Å²) in [6.45, 7) is 4.98. The molecule has 6 N–H and O–H groups in total. The molecule has 35 heavy (non-hydrogen) atoms. The standard InChI is InChI=1S/C22H32N3O8P.Na/c1-11(2)8-16(25-34(32)22(31)19(27)18(26)12(3)33-34)20(28)24-17(21(29)30)9-13-10-23-15-7-5-4-6-14(13)15;/h4-7,10-12,16-19,22-23,26-27,31H,8-9H2,1-3H3,(H,24,28)(H,25,32)(H,29,30);/q;+1/p-1/t12?,16-,17-,18?,19?,22?,34?;/m0./s1. The number of rotatable bonds is 9. The summed E-state index contributed by atoms with van der Waals surface area (Å²) in [5.41, 5.74) is 1.49. The van der Waals surface area contributed by atoms with E-state index in [-0.39, 0.29) is 48.3 Å². The molecular weight excluding hydrogens is 488 g/mol. The van der Waals surface area contributed by atoms with Crippen molar-refractivity contribution in [1.29, 1.82) is 0 Å². The predicted octanol–water partition coefficient (Wildman–Crippen LogP) is -3.39. The Hall–Kier alpha value is -1.27. The molecule has 11 nitrogen and oxygen atoms in total. The third-order valence-corrected chi connectivity index (χ3v) is 8.19. The van der Waals surface area contributed by atoms with Crippen LogP contribution in [0.15, 0.2) is 30.5 Å². The topological polar surface area (TPSA) is 184 Å². The molecule has 13 heteroatoms. The molecule has 1 amide bonds. The Morgan fingerprint density at radius 3 is 2.46 bits per heavy atom. The third kappa shape index (κ3) is 6.94. The summed E-state index contributed by atoms with van der Waals surface area (Å²) >= 11 is 0. The van der Waals surface area contributed by atoms with Gasteiger partial charge in [0.15, 0.2) is 5.85 Å². The molecule has 1 aromatic heterocycles. The van der Waals surface area contributed by atoms with Crippen LogP contribution in [0.4, 0.5) is 0 Å². The molecule has 0 saturated carbocycles. The van der Waals surface area contributed by atoms with Crippen LogP contribution in [-0.2, 0) is 25.1 Å². The number of nitrogens with one attached hydrogen (secondary N) is 3. The minimum Gasteiger partial charge on any atom is -0.548 e. The molecule has 7 atom stereocenters. The number of aliphatic carboxylic acids is 1. The van der Waals surface area contributed by atoms with Crippen molar-refractivity contribution in [2.45, 2.75) is 69.9 Å². The number of aromatic nitrogens is 1. The van der Waals surface area contributed by atoms with Crippen LogP contribution < -0.4 is 45.1 Å². The quantitative estimate of drug-likeness (QED) is 0.145. The van der Waals surface area contributed by atoms with Crippen LogP contribution in [0.2, 0.25) is 0 Å². The first-order valence-corrected chi connectivity index (χ1v) is 12.8. The van der Waals surface area contributed by atoms with Crippen molar-refractivity contribution in [1.82, 2.24) is 15.4 Å². The fourth-order valence-electron chi connectivity index (χ4n) is 4.03. The molecule has 3 rings (SSSR count). The summed E-state index contributed by atoms with van der Waals surface area (Å²) in [7, 11) is -4.21. The van der Waals surface area contributed by atoms with Crippen molar-refractivity contribution < 1.29 is 68.7 Å². The molecule has 188 valence electrons. The summed E-state index contributed by atoms with van der Waals surface area (Å²) in [6.07, 6.45) is -2.54. The molecule has 1 aliphatic heterocycles. The van der Waals surface area contributed by atoms with E-state index in [0.29, 0.717) is 5.56 Å². The molecule has 2 aromatic rings. The fourth-order valence-corrected chi connectivity index (χ4v) is 6.22. The average molecular weight is 519 g/mol. The van der Waals surface area contributed by atoms with Crippen molar-refractivity contribution in [3.8, 4) is 0 Å². The average Bonchev–Trinajstić information content (AvgIpc) is 3.18. The van der Waals surface area contributed by atoms with Gasteiger partial charge >= 0.3 is 37.1 Å². The fraction of sp³-hybridized carbons (Fsp3) is 0.545. The Balaban J connectivity index is 0.00000432. The van der Waals surface area contributed by atoms with Gasteiger partial charge < -0.3 is 40.0 Å². The number of hydrogen-bond donors (Lipinski definition) is 6. The van der Waals surface area contributed by atoms with Gasteiger partial charge in [-0.25, -0.2) is 5.09 Å². The minimum absolute atomic E-state index is 0. The van der Waals surface area contributed by atoms with E-state index < -0.39 is 55.6 Å². The van der Waals surface area contributed by atoms with Crippen LogP contribution in [-0.4, -0.2) is 68.4 Å². The number of carboxylic acid groups (broad SMARTS) is 1. The molecule has 2 heterocycles. The van der Waals surface area contributed by atoms with Gasteiger partial charge in [-0.3, -0.25) is 9.36 Å². The number of H-pyrrole nitrogens is 1. The Labute approximate surface area is 225 Å². The zero-order valence-electron chi connectivity index (χ0n) is 20.2. The summed E-state index contributed by atoms with van der Waals surface area (Å²) in [6, 6.07) is 4.73. The maximum Gasteiger partial charge on any atom is 1.00 e. The Morgan fingerprint density at radius 1 is 1.17 bits per heavy atom. The first-order chi connectivity index (χ1) is 15.9. The smallest absolute Gasteiger partial charge is 0.548 e. The van der Waals surface area contributed by atoms with E-state index in [9.17, 15) is 34.6 Å². The van der Waals surface area contributed by atoms with Crippen LogP contribution in [0, 0.1) is 5.92 Å². The van der Waals surface area contributed by atoms with Gasteiger partial charge in [0.2, 0.25) is 5.91 Å². The largest absolute Gasteiger partial charge is 1.00 e. The first kappa shape index (κ1) is 30.0. The maximum atomic E-state index is 13.3. The van der Waals surface area contributed by atoms with Crippen LogP contribution >= 0.6 is 7.52 Å². The summed E-state index contributed by atoms with van der Waals surface area (Å²) in [5.74, 6) is -4.32. The van der Waals surface area contributed by atoms with Crippen molar-refractivity contribution in [2.24, 2.45) is 5.92 Å². The number of benzene rings is 1. The van der Waals surface area contributed by atoms with Crippen molar-refractivity contribution in [3.63, 3.8) is 0 Å². The van der Waals surface area contributed by atoms with Gasteiger partial charge in [-0.2, -0.15) is 0 Å². The molecule has 1 aromatic carbocycles. The van der Waals surface area contributed by atoms with Crippen molar-refractivity contribution >= 4 is 30.3 Å². The van der Waals surface area contributed by atoms with E-state index in [1.54, 1.807) is 20.0 Å². The van der Waals surface area contributed by atoms with Crippen LogP contribution in [0.5, 0.6) is 0 Å². The molecule has 1 aliphatic rings. The Kier molecular flexibility index (Phi) is 10.5. The number of aromatic amines is 1. The number of carbonyl (C=O) groups excluding carboxylic acids is 2. The Morgan fingerprint density at radius 2 is 1.83 bits per heavy atom. The molecule has 1 saturated heterocycles. The SMILES string of the molecule is CC(C)C[C@H](NP1(=O)OC(C)C(O)C(O)C1O)C(=O)N[C@@H](Cc1c[nH]c2ccccc12)C(=O)[O-].[Na+]. The number of hydrogen-bond acceptors (Lipinski definition) is 8. The van der Waals surface area contributed by atoms with E-state index in [0.717, 1.165) is 10.9 Å². The third-order valence-electron chi connectivity index (χ3n) is 5.87. The number of aliphatic hydroxyl groups excluding tert-OH is 3. The summed E-state index contributed by atoms with van der Waals surface area (Å²) < 4.78 is 18.6. The molecule has 1 fully saturated rings. The number of aliphatic hydroxyl groups is 3. The number of para-hydroxylation sites is 1. The van der Waals surface area contributed by atoms with E-state index >= 15 is 0 Å². The van der Waals surface area contributed by atoms with Crippen molar-refractivity contribution in [2.75, 3.05) is 0 Å². The Bertz CT molecular complexity index is 1080. The van der Waals surface area contributed by atoms with Crippen LogP contribution in [0.3, 0.4) is 0 Å². The van der Waals surface area contributed by atoms with Gasteiger partial charge in [0.25, 0.3) is 0 Å². The number of fused-ring (bicyclic) bond motifs is 1. The van der Waals surface area contributed by atoms with E-state index in [1.807, 2.05) is 24.3 Å². The molecule has 0 bridgehead atoms. The molecule has 0 spiro atoms. The molecular formula is C22H31N3NaO8P. The maximum absolute atomic E-state index is 13.3. The van der Waals surface area contributed by atoms with Crippen LogP contribution in [0.25, 0.3) is 10.9 Å². The first-order valence-electron chi connectivity index (χ1n) is 11.1. The number of amides is 1. The normalized spacial score (nSPS) is 28.3. The van der Waals surface area contributed by atoms with E-state index in [2.05, 4.69) is 15.4 Å². The van der Waals surface area contributed by atoms with E-state index in [1.165, 1.54) is 6.92 Å². The molecule has 5 unspecified atom stereocenters.